The molecule has 0 aliphatic carbocycles. The van der Waals surface area contributed by atoms with Crippen molar-refractivity contribution in [3.05, 3.63) is 0 Å². The van der Waals surface area contributed by atoms with Gasteiger partial charge in [-0.1, -0.05) is 69.2 Å². The molecule has 0 spiro atoms. The fourth-order valence-electron chi connectivity index (χ4n) is 15.1. The molecule has 6 saturated heterocycles. The van der Waals surface area contributed by atoms with Crippen molar-refractivity contribution < 1.29 is 167 Å². The van der Waals surface area contributed by atoms with Crippen molar-refractivity contribution >= 4 is 0 Å². The number of likely N-dealkylation sites (N-methyl/N-ethyl adjacent to an activating group) is 6. The number of quaternary nitrogens is 1. The van der Waals surface area contributed by atoms with E-state index in [0.717, 1.165) is 52.4 Å². The molecule has 6 rings (SSSR count). The Labute approximate surface area is 672 Å². The Kier molecular flexibility index (Phi) is 46.3. The Hall–Kier alpha value is -1.56. The average molecular weight is 1660 g/mol. The first kappa shape index (κ1) is 101. The van der Waals surface area contributed by atoms with E-state index in [-0.39, 0.29) is 33.0 Å². The van der Waals surface area contributed by atoms with Gasteiger partial charge in [-0.2, -0.15) is 0 Å². The van der Waals surface area contributed by atoms with E-state index in [4.69, 9.17) is 80.5 Å². The summed E-state index contributed by atoms with van der Waals surface area (Å²) >= 11 is 0. The van der Waals surface area contributed by atoms with Gasteiger partial charge in [0, 0.05) is 32.7 Å². The molecule has 31 unspecified atom stereocenters. The lowest BCUT2D eigenvalue weighted by atomic mass is 9.97. The van der Waals surface area contributed by atoms with Crippen molar-refractivity contribution in [2.24, 2.45) is 0 Å². The molecule has 0 amide bonds. The molecule has 39 nitrogen and oxygen atoms in total. The molecular weight excluding hydrogens is 1510 g/mol. The Bertz CT molecular complexity index is 2500. The number of hydrogen-bond acceptors (Lipinski definition) is 38. The summed E-state index contributed by atoms with van der Waals surface area (Å²) in [7, 11) is 0. The minimum atomic E-state index is -2.04. The van der Waals surface area contributed by atoms with Crippen LogP contribution in [0.4, 0.5) is 0 Å². The first-order valence-corrected chi connectivity index (χ1v) is 41.6. The van der Waals surface area contributed by atoms with E-state index in [9.17, 15) is 81.7 Å². The number of aliphatic hydroxyl groups is 16. The van der Waals surface area contributed by atoms with Gasteiger partial charge in [0.1, 0.15) is 159 Å². The predicted octanol–water partition coefficient (Wildman–Crippen LogP) is -7.04. The van der Waals surface area contributed by atoms with E-state index < -0.39 is 243 Å². The van der Waals surface area contributed by atoms with E-state index in [0.29, 0.717) is 76.5 Å². The van der Waals surface area contributed by atoms with Crippen LogP contribution in [0.3, 0.4) is 0 Å². The summed E-state index contributed by atoms with van der Waals surface area (Å²) in [6.45, 7) is 32.6. The molecule has 0 bridgehead atoms. The molecule has 0 radical (unpaired) electrons. The highest BCUT2D eigenvalue weighted by atomic mass is 16.8. The average Bonchev–Trinajstić information content (AvgIpc) is 0.800. The number of hydrogen-bond donors (Lipinski definition) is 16. The minimum Gasteiger partial charge on any atom is -0.394 e. The zero-order valence-corrected chi connectivity index (χ0v) is 69.3. The Morgan fingerprint density at radius 2 is 0.588 bits per heavy atom. The van der Waals surface area contributed by atoms with Crippen molar-refractivity contribution in [2.45, 2.75) is 273 Å². The molecule has 16 N–H and O–H groups in total. The zero-order chi connectivity index (χ0) is 83.9. The van der Waals surface area contributed by atoms with Crippen molar-refractivity contribution in [1.82, 2.24) is 24.5 Å². The summed E-state index contributed by atoms with van der Waals surface area (Å²) in [5.74, 6) is 0. The maximum atomic E-state index is 12.6. The minimum absolute atomic E-state index is 0.0259. The first-order chi connectivity index (χ1) is 54.7. The molecule has 31 atom stereocenters. The number of ether oxygens (including phenoxy) is 17. The van der Waals surface area contributed by atoms with Gasteiger partial charge in [-0.15, -0.1) is 0 Å². The van der Waals surface area contributed by atoms with Gasteiger partial charge < -0.3 is 186 Å². The van der Waals surface area contributed by atoms with Crippen LogP contribution >= 0.6 is 0 Å². The second-order valence-electron chi connectivity index (χ2n) is 29.9. The summed E-state index contributed by atoms with van der Waals surface area (Å²) in [6.07, 6.45) is -48.8. The fourth-order valence-corrected chi connectivity index (χ4v) is 15.1. The van der Waals surface area contributed by atoms with Crippen molar-refractivity contribution in [3.8, 4) is 0 Å². The summed E-state index contributed by atoms with van der Waals surface area (Å²) < 4.78 is 105. The summed E-state index contributed by atoms with van der Waals surface area (Å²) in [6, 6.07) is 0. The highest BCUT2D eigenvalue weighted by Crippen LogP contribution is 2.35. The Morgan fingerprint density at radius 3 is 1.05 bits per heavy atom. The van der Waals surface area contributed by atoms with Crippen molar-refractivity contribution in [3.63, 3.8) is 0 Å². The third-order valence-corrected chi connectivity index (χ3v) is 23.3. The van der Waals surface area contributed by atoms with Crippen LogP contribution < -0.4 is 0 Å². The summed E-state index contributed by atoms with van der Waals surface area (Å²) in [5, 5.41) is 181. The Balaban J connectivity index is 1.18. The lowest BCUT2D eigenvalue weighted by Crippen LogP contribution is -2.64. The topological polar surface area (TPSA) is 497 Å². The zero-order valence-electron chi connectivity index (χ0n) is 69.3. The monoisotopic (exact) mass is 1660 g/mol. The number of nitrogens with zero attached hydrogens (tertiary/aromatic N) is 6. The highest BCUT2D eigenvalue weighted by molar-refractivity contribution is 4.98. The van der Waals surface area contributed by atoms with Crippen LogP contribution in [0.1, 0.15) is 83.1 Å². The fraction of sp³-hybridized carbons (Fsp3) is 1.00. The van der Waals surface area contributed by atoms with Crippen LogP contribution in [0.5, 0.6) is 0 Å². The third kappa shape index (κ3) is 28.5. The van der Waals surface area contributed by atoms with Gasteiger partial charge in [0.25, 0.3) is 0 Å². The van der Waals surface area contributed by atoms with Crippen molar-refractivity contribution in [1.29, 1.82) is 0 Å². The maximum Gasteiger partial charge on any atom is 0.187 e. The van der Waals surface area contributed by atoms with Crippen LogP contribution in [0.2, 0.25) is 0 Å². The molecule has 6 heterocycles. The molecule has 0 saturated carbocycles. The molecule has 0 aromatic heterocycles. The summed E-state index contributed by atoms with van der Waals surface area (Å²) in [4.78, 5) is 10.7. The molecule has 6 fully saturated rings. The van der Waals surface area contributed by atoms with Gasteiger partial charge in [-0.05, 0) is 79.3 Å². The quantitative estimate of drug-likeness (QED) is 0.0252. The van der Waals surface area contributed by atoms with Gasteiger partial charge in [0.2, 0.25) is 0 Å². The van der Waals surface area contributed by atoms with Crippen LogP contribution in [0.15, 0.2) is 0 Å². The van der Waals surface area contributed by atoms with Gasteiger partial charge >= 0.3 is 0 Å². The van der Waals surface area contributed by atoms with Crippen LogP contribution in [-0.4, -0.2) is 511 Å². The van der Waals surface area contributed by atoms with E-state index in [1.165, 1.54) is 0 Å². The molecule has 674 valence electrons. The SMILES string of the molecule is CCN(CC)CCOC1C(O)OC(COC2OC(COC3OC(CO)C(OCCN(CC)CC)C(O)C3O)C(OCCN(CC)CC)C(O)C2OCCN(CC)CC)C(OCC(O)COC2C(COC3OC(COC4OC(CO)C(O)C(O)C4OCC[N+](CC)(CC)CCN(CC)CC)C(O)C(O)C3O)OC(O)C(O)C2O)C1O. The highest BCUT2D eigenvalue weighted by Gasteiger charge is 2.55. The van der Waals surface area contributed by atoms with E-state index >= 15 is 0 Å². The molecular formula is C75H147N6O33+. The molecule has 0 aromatic rings. The van der Waals surface area contributed by atoms with Gasteiger partial charge in [0.05, 0.1) is 106 Å². The van der Waals surface area contributed by atoms with E-state index in [2.05, 4.69) is 52.2 Å². The Morgan fingerprint density at radius 1 is 0.272 bits per heavy atom. The number of rotatable bonds is 55. The molecule has 6 aliphatic heterocycles. The van der Waals surface area contributed by atoms with Crippen LogP contribution in [0, 0.1) is 0 Å². The van der Waals surface area contributed by atoms with Crippen LogP contribution in [0.25, 0.3) is 0 Å². The lowest BCUT2D eigenvalue weighted by molar-refractivity contribution is -0.924. The van der Waals surface area contributed by atoms with Gasteiger partial charge in [-0.3, -0.25) is 4.90 Å². The van der Waals surface area contributed by atoms with Crippen LogP contribution in [-0.2, 0) is 80.5 Å². The molecule has 39 heteroatoms. The smallest absolute Gasteiger partial charge is 0.187 e. The summed E-state index contributed by atoms with van der Waals surface area (Å²) in [5.41, 5.74) is 0. The predicted molar refractivity (Wildman–Crippen MR) is 405 cm³/mol. The molecule has 114 heavy (non-hydrogen) atoms. The number of aliphatic hydroxyl groups excluding tert-OH is 16. The molecule has 6 aliphatic rings. The van der Waals surface area contributed by atoms with Gasteiger partial charge in [-0.25, -0.2) is 0 Å². The van der Waals surface area contributed by atoms with Gasteiger partial charge in [0.15, 0.2) is 37.7 Å². The maximum absolute atomic E-state index is 12.6. The second kappa shape index (κ2) is 52.2. The first-order valence-electron chi connectivity index (χ1n) is 41.6. The normalized spacial score (nSPS) is 37.0. The van der Waals surface area contributed by atoms with E-state index in [1.807, 2.05) is 55.4 Å². The van der Waals surface area contributed by atoms with Crippen molar-refractivity contribution in [2.75, 3.05) is 210 Å². The molecule has 0 aromatic carbocycles. The second-order valence-corrected chi connectivity index (χ2v) is 29.9. The van der Waals surface area contributed by atoms with E-state index in [1.54, 1.807) is 0 Å². The standard InChI is InChI=1S/C75H147N6O33/c1-13-76(14-2)25-30-81(23-11,24-12)31-36-102-68-55(88)52(85)46(37-82)111-74(68)107-41-48-53(86)54(87)59(92)72(113-48)105-42-49-64(56(89)58(91)70(96)109-49)103-39-45(84)40-104-66-50(110-71(97)67(61(66)94)100-34-28-79(19-7)20-8)43-108-75-69(101-35-29-80(21-9)22-10)62(95)65(99-33-27-78(17-5)18-6)51(114-75)44-106-73-60(93)57(90)63(47(38-83)112-73)98-32-26-77(15-3)16-4/h45-75,82-97H,13-44H2,1-12H3/q+1. The third-order valence-electron chi connectivity index (χ3n) is 23.3. The largest absolute Gasteiger partial charge is 0.394 e. The lowest BCUT2D eigenvalue weighted by Gasteiger charge is -2.46.